The van der Waals surface area contributed by atoms with E-state index in [-0.39, 0.29) is 0 Å². The summed E-state index contributed by atoms with van der Waals surface area (Å²) in [5.41, 5.74) is 11.0. The zero-order valence-corrected chi connectivity index (χ0v) is 27.2. The third-order valence-corrected chi connectivity index (χ3v) is 10.0. The van der Waals surface area contributed by atoms with Gasteiger partial charge in [0, 0.05) is 43.7 Å². The Bertz CT molecular complexity index is 3130. The molecule has 11 rings (SSSR count). The average Bonchev–Trinajstić information content (AvgIpc) is 3.88. The van der Waals surface area contributed by atoms with Gasteiger partial charge in [0.05, 0.1) is 33.4 Å². The second kappa shape index (κ2) is 10.8. The van der Waals surface area contributed by atoms with Gasteiger partial charge in [0.15, 0.2) is 5.82 Å². The van der Waals surface area contributed by atoms with Crippen molar-refractivity contribution in [3.63, 3.8) is 0 Å². The Labute approximate surface area is 291 Å². The lowest BCUT2D eigenvalue weighted by Gasteiger charge is -2.10. The number of fused-ring (bicyclic) bond motifs is 10. The molecule has 238 valence electrons. The molecule has 5 heteroatoms. The standard InChI is InChI=1S/C46H27N3O2/c1-3-13-28(14-4-1)37-27-38(48-46(47-37)36-22-12-19-31-30-17-8-10-24-41(30)50-44(31)36)34-21-11-20-32-33-25-26-40-42(45(33)51-43(32)34)35-18-7-9-23-39(35)49(40)29-15-5-2-6-16-29/h1-27H. The van der Waals surface area contributed by atoms with Gasteiger partial charge in [-0.05, 0) is 54.6 Å². The first-order valence-electron chi connectivity index (χ1n) is 17.1. The van der Waals surface area contributed by atoms with Crippen molar-refractivity contribution in [2.45, 2.75) is 0 Å². The number of furan rings is 2. The first-order chi connectivity index (χ1) is 25.3. The van der Waals surface area contributed by atoms with Crippen molar-refractivity contribution >= 4 is 65.7 Å². The maximum atomic E-state index is 7.02. The van der Waals surface area contributed by atoms with Crippen LogP contribution >= 0.6 is 0 Å². The molecule has 4 heterocycles. The molecule has 11 aromatic rings. The molecule has 7 aromatic carbocycles. The Morgan fingerprint density at radius 3 is 1.88 bits per heavy atom. The smallest absolute Gasteiger partial charge is 0.164 e. The topological polar surface area (TPSA) is 57.0 Å². The highest BCUT2D eigenvalue weighted by Crippen LogP contribution is 2.43. The Morgan fingerprint density at radius 1 is 0.412 bits per heavy atom. The SMILES string of the molecule is c1ccc(-c2cc(-c3cccc4c3oc3c4ccc4c3c3ccccc3n4-c3ccccc3)nc(-c3cccc4c3oc3ccccc34)n2)cc1. The predicted octanol–water partition coefficient (Wildman–Crippen LogP) is 12.4. The van der Waals surface area contributed by atoms with E-state index < -0.39 is 0 Å². The summed E-state index contributed by atoms with van der Waals surface area (Å²) in [5, 5.41) is 6.47. The molecule has 0 saturated heterocycles. The van der Waals surface area contributed by atoms with E-state index in [4.69, 9.17) is 18.8 Å². The van der Waals surface area contributed by atoms with E-state index in [2.05, 4.69) is 126 Å². The van der Waals surface area contributed by atoms with Crippen LogP contribution in [0, 0.1) is 0 Å². The first kappa shape index (κ1) is 27.9. The Hall–Kier alpha value is -6.98. The molecular formula is C46H27N3O2. The Kier molecular flexibility index (Phi) is 5.89. The van der Waals surface area contributed by atoms with Crippen molar-refractivity contribution in [2.24, 2.45) is 0 Å². The van der Waals surface area contributed by atoms with Crippen molar-refractivity contribution in [1.82, 2.24) is 14.5 Å². The van der Waals surface area contributed by atoms with E-state index in [9.17, 15) is 0 Å². The van der Waals surface area contributed by atoms with Crippen LogP contribution in [-0.4, -0.2) is 14.5 Å². The molecule has 0 radical (unpaired) electrons. The van der Waals surface area contributed by atoms with Gasteiger partial charge in [-0.2, -0.15) is 0 Å². The molecule has 0 unspecified atom stereocenters. The van der Waals surface area contributed by atoms with Crippen molar-refractivity contribution in [2.75, 3.05) is 0 Å². The van der Waals surface area contributed by atoms with E-state index in [1.165, 1.54) is 0 Å². The van der Waals surface area contributed by atoms with Gasteiger partial charge in [-0.25, -0.2) is 9.97 Å². The molecular weight excluding hydrogens is 627 g/mol. The van der Waals surface area contributed by atoms with E-state index in [0.29, 0.717) is 5.82 Å². The quantitative estimate of drug-likeness (QED) is 0.190. The minimum absolute atomic E-state index is 0.595. The third kappa shape index (κ3) is 4.15. The molecule has 4 aromatic heterocycles. The fourth-order valence-corrected chi connectivity index (χ4v) is 7.75. The summed E-state index contributed by atoms with van der Waals surface area (Å²) in [6.07, 6.45) is 0. The minimum atomic E-state index is 0.595. The number of nitrogens with zero attached hydrogens (tertiary/aromatic N) is 3. The number of hydrogen-bond acceptors (Lipinski definition) is 4. The van der Waals surface area contributed by atoms with Gasteiger partial charge >= 0.3 is 0 Å². The van der Waals surface area contributed by atoms with Gasteiger partial charge in [-0.1, -0.05) is 109 Å². The normalized spacial score (nSPS) is 11.9. The van der Waals surface area contributed by atoms with Crippen LogP contribution in [-0.2, 0) is 0 Å². The Balaban J connectivity index is 1.19. The summed E-state index contributed by atoms with van der Waals surface area (Å²) in [4.78, 5) is 10.4. The van der Waals surface area contributed by atoms with Crippen LogP contribution in [0.25, 0.3) is 105 Å². The summed E-state index contributed by atoms with van der Waals surface area (Å²) >= 11 is 0. The summed E-state index contributed by atoms with van der Waals surface area (Å²) in [7, 11) is 0. The van der Waals surface area contributed by atoms with E-state index in [1.54, 1.807) is 0 Å². The highest BCUT2D eigenvalue weighted by Gasteiger charge is 2.22. The van der Waals surface area contributed by atoms with Crippen LogP contribution in [0.1, 0.15) is 0 Å². The second-order valence-corrected chi connectivity index (χ2v) is 12.9. The lowest BCUT2D eigenvalue weighted by atomic mass is 10.0. The molecule has 0 fully saturated rings. The molecule has 0 aliphatic heterocycles. The molecule has 0 saturated carbocycles. The highest BCUT2D eigenvalue weighted by molar-refractivity contribution is 6.24. The molecule has 0 aliphatic rings. The largest absolute Gasteiger partial charge is 0.455 e. The molecule has 5 nitrogen and oxygen atoms in total. The monoisotopic (exact) mass is 653 g/mol. The number of para-hydroxylation sites is 5. The van der Waals surface area contributed by atoms with Crippen LogP contribution in [0.3, 0.4) is 0 Å². The summed E-state index contributed by atoms with van der Waals surface area (Å²) in [6.45, 7) is 0. The first-order valence-corrected chi connectivity index (χ1v) is 17.1. The predicted molar refractivity (Wildman–Crippen MR) is 207 cm³/mol. The Morgan fingerprint density at radius 2 is 1.04 bits per heavy atom. The van der Waals surface area contributed by atoms with Crippen molar-refractivity contribution in [3.8, 4) is 39.6 Å². The van der Waals surface area contributed by atoms with Crippen LogP contribution < -0.4 is 0 Å². The molecule has 0 aliphatic carbocycles. The van der Waals surface area contributed by atoms with Crippen LogP contribution in [0.5, 0.6) is 0 Å². The fourth-order valence-electron chi connectivity index (χ4n) is 7.75. The van der Waals surface area contributed by atoms with Crippen molar-refractivity contribution in [1.29, 1.82) is 0 Å². The van der Waals surface area contributed by atoms with Gasteiger partial charge in [0.25, 0.3) is 0 Å². The van der Waals surface area contributed by atoms with Crippen LogP contribution in [0.15, 0.2) is 173 Å². The van der Waals surface area contributed by atoms with Gasteiger partial charge in [-0.15, -0.1) is 0 Å². The summed E-state index contributed by atoms with van der Waals surface area (Å²) in [6, 6.07) is 56.4. The van der Waals surface area contributed by atoms with Gasteiger partial charge < -0.3 is 13.4 Å². The fraction of sp³-hybridized carbons (Fsp3) is 0. The van der Waals surface area contributed by atoms with Crippen molar-refractivity contribution < 1.29 is 8.83 Å². The minimum Gasteiger partial charge on any atom is -0.455 e. The molecule has 0 bridgehead atoms. The molecule has 0 atom stereocenters. The lowest BCUT2D eigenvalue weighted by Crippen LogP contribution is -1.96. The summed E-state index contributed by atoms with van der Waals surface area (Å²) in [5.74, 6) is 0.595. The van der Waals surface area contributed by atoms with Crippen molar-refractivity contribution in [3.05, 3.63) is 164 Å². The van der Waals surface area contributed by atoms with Crippen LogP contribution in [0.4, 0.5) is 0 Å². The number of hydrogen-bond donors (Lipinski definition) is 0. The zero-order valence-electron chi connectivity index (χ0n) is 27.2. The zero-order chi connectivity index (χ0) is 33.5. The van der Waals surface area contributed by atoms with E-state index in [0.717, 1.165) is 99.4 Å². The average molecular weight is 654 g/mol. The molecule has 51 heavy (non-hydrogen) atoms. The molecule has 0 amide bonds. The van der Waals surface area contributed by atoms with E-state index >= 15 is 0 Å². The van der Waals surface area contributed by atoms with E-state index in [1.807, 2.05) is 42.5 Å². The number of benzene rings is 7. The van der Waals surface area contributed by atoms with Gasteiger partial charge in [0.2, 0.25) is 0 Å². The number of aromatic nitrogens is 3. The third-order valence-electron chi connectivity index (χ3n) is 10.0. The molecule has 0 spiro atoms. The second-order valence-electron chi connectivity index (χ2n) is 12.9. The maximum Gasteiger partial charge on any atom is 0.164 e. The maximum absolute atomic E-state index is 7.02. The van der Waals surface area contributed by atoms with Crippen LogP contribution in [0.2, 0.25) is 0 Å². The lowest BCUT2D eigenvalue weighted by molar-refractivity contribution is 0.669. The van der Waals surface area contributed by atoms with Gasteiger partial charge in [-0.3, -0.25) is 0 Å². The van der Waals surface area contributed by atoms with Gasteiger partial charge in [0.1, 0.15) is 22.3 Å². The summed E-state index contributed by atoms with van der Waals surface area (Å²) < 4.78 is 15.8. The molecule has 0 N–H and O–H groups in total. The highest BCUT2D eigenvalue weighted by atomic mass is 16.3. The number of rotatable bonds is 4.